The van der Waals surface area contributed by atoms with E-state index in [1.807, 2.05) is 6.07 Å². The van der Waals surface area contributed by atoms with Gasteiger partial charge in [0.1, 0.15) is 0 Å². The van der Waals surface area contributed by atoms with Crippen molar-refractivity contribution < 1.29 is 14.4 Å². The molecule has 0 atom stereocenters. The molecule has 0 aliphatic rings. The number of amides is 3. The minimum atomic E-state index is -0.335. The minimum Gasteiger partial charge on any atom is -0.345 e. The number of carbonyl (C=O) groups is 3. The summed E-state index contributed by atoms with van der Waals surface area (Å²) in [6.07, 6.45) is 0. The van der Waals surface area contributed by atoms with Gasteiger partial charge in [-0.05, 0) is 54.6 Å². The molecule has 3 rings (SSSR count). The van der Waals surface area contributed by atoms with E-state index >= 15 is 0 Å². The zero-order valence-electron chi connectivity index (χ0n) is 16.5. The van der Waals surface area contributed by atoms with Gasteiger partial charge in [0.15, 0.2) is 0 Å². The van der Waals surface area contributed by atoms with Gasteiger partial charge in [-0.3, -0.25) is 14.4 Å². The highest BCUT2D eigenvalue weighted by molar-refractivity contribution is 6.34. The van der Waals surface area contributed by atoms with Crippen molar-refractivity contribution in [2.24, 2.45) is 0 Å². The van der Waals surface area contributed by atoms with Crippen LogP contribution in [0.1, 0.15) is 31.1 Å². The summed E-state index contributed by atoms with van der Waals surface area (Å²) in [5.41, 5.74) is 2.37. The molecule has 7 heteroatoms. The summed E-state index contributed by atoms with van der Waals surface area (Å²) in [6.45, 7) is 0. The van der Waals surface area contributed by atoms with Gasteiger partial charge < -0.3 is 15.5 Å². The molecule has 0 radical (unpaired) electrons. The molecule has 0 aromatic heterocycles. The third kappa shape index (κ3) is 5.04. The molecule has 6 nitrogen and oxygen atoms in total. The summed E-state index contributed by atoms with van der Waals surface area (Å²) in [6, 6.07) is 20.1. The molecule has 0 saturated carbocycles. The topological polar surface area (TPSA) is 78.5 Å². The number of anilines is 2. The molecular weight excluding hydrogens is 402 g/mol. The second-order valence-corrected chi connectivity index (χ2v) is 7.15. The van der Waals surface area contributed by atoms with Crippen molar-refractivity contribution in [3.63, 3.8) is 0 Å². The third-order valence-corrected chi connectivity index (χ3v) is 4.62. The van der Waals surface area contributed by atoms with Crippen LogP contribution in [0.5, 0.6) is 0 Å². The predicted octanol–water partition coefficient (Wildman–Crippen LogP) is 4.55. The van der Waals surface area contributed by atoms with E-state index in [4.69, 9.17) is 11.6 Å². The van der Waals surface area contributed by atoms with Gasteiger partial charge in [-0.15, -0.1) is 0 Å². The zero-order valence-corrected chi connectivity index (χ0v) is 17.2. The zero-order chi connectivity index (χ0) is 21.7. The van der Waals surface area contributed by atoms with Crippen LogP contribution in [0.2, 0.25) is 5.02 Å². The Labute approximate surface area is 179 Å². The van der Waals surface area contributed by atoms with Gasteiger partial charge in [-0.2, -0.15) is 0 Å². The Morgan fingerprint density at radius 3 is 1.83 bits per heavy atom. The van der Waals surface area contributed by atoms with Crippen molar-refractivity contribution >= 4 is 40.7 Å². The highest BCUT2D eigenvalue weighted by Crippen LogP contribution is 2.23. The first-order chi connectivity index (χ1) is 14.3. The van der Waals surface area contributed by atoms with Crippen molar-refractivity contribution in [1.82, 2.24) is 4.90 Å². The normalized spacial score (nSPS) is 10.2. The van der Waals surface area contributed by atoms with Crippen LogP contribution in [0.4, 0.5) is 11.4 Å². The average Bonchev–Trinajstić information content (AvgIpc) is 2.74. The molecule has 0 bridgehead atoms. The van der Waals surface area contributed by atoms with Crippen LogP contribution in [-0.2, 0) is 0 Å². The summed E-state index contributed by atoms with van der Waals surface area (Å²) in [7, 11) is 3.28. The van der Waals surface area contributed by atoms with Gasteiger partial charge in [0.25, 0.3) is 17.7 Å². The summed E-state index contributed by atoms with van der Waals surface area (Å²) < 4.78 is 0. The lowest BCUT2D eigenvalue weighted by atomic mass is 10.1. The number of hydrogen-bond donors (Lipinski definition) is 2. The van der Waals surface area contributed by atoms with Crippen LogP contribution < -0.4 is 10.6 Å². The van der Waals surface area contributed by atoms with E-state index in [0.717, 1.165) is 0 Å². The number of carbonyl (C=O) groups excluding carboxylic acids is 3. The van der Waals surface area contributed by atoms with Crippen LogP contribution in [-0.4, -0.2) is 36.7 Å². The molecule has 30 heavy (non-hydrogen) atoms. The van der Waals surface area contributed by atoms with Crippen LogP contribution in [0.3, 0.4) is 0 Å². The highest BCUT2D eigenvalue weighted by Gasteiger charge is 2.14. The maximum absolute atomic E-state index is 12.5. The Bertz CT molecular complexity index is 1080. The second kappa shape index (κ2) is 9.24. The number of halogens is 1. The molecule has 3 amide bonds. The van der Waals surface area contributed by atoms with Crippen LogP contribution in [0, 0.1) is 0 Å². The van der Waals surface area contributed by atoms with Crippen LogP contribution in [0.25, 0.3) is 0 Å². The molecule has 3 aromatic rings. The van der Waals surface area contributed by atoms with Gasteiger partial charge in [0.05, 0.1) is 10.6 Å². The van der Waals surface area contributed by atoms with Gasteiger partial charge in [-0.25, -0.2) is 0 Å². The lowest BCUT2D eigenvalue weighted by Crippen LogP contribution is -2.22. The fourth-order valence-corrected chi connectivity index (χ4v) is 2.97. The average molecular weight is 422 g/mol. The Balaban J connectivity index is 1.65. The van der Waals surface area contributed by atoms with Gasteiger partial charge in [0.2, 0.25) is 0 Å². The molecule has 0 spiro atoms. The fraction of sp³-hybridized carbons (Fsp3) is 0.0870. The van der Waals surface area contributed by atoms with E-state index in [2.05, 4.69) is 10.6 Å². The monoisotopic (exact) mass is 421 g/mol. The fourth-order valence-electron chi connectivity index (χ4n) is 2.71. The Morgan fingerprint density at radius 1 is 0.733 bits per heavy atom. The molecule has 0 saturated heterocycles. The van der Waals surface area contributed by atoms with E-state index in [9.17, 15) is 14.4 Å². The van der Waals surface area contributed by atoms with Crippen molar-refractivity contribution in [3.8, 4) is 0 Å². The third-order valence-electron chi connectivity index (χ3n) is 4.30. The van der Waals surface area contributed by atoms with Gasteiger partial charge in [-0.1, -0.05) is 29.8 Å². The van der Waals surface area contributed by atoms with Crippen molar-refractivity contribution in [1.29, 1.82) is 0 Å². The Kier molecular flexibility index (Phi) is 6.49. The first-order valence-corrected chi connectivity index (χ1v) is 9.52. The van der Waals surface area contributed by atoms with Crippen molar-refractivity contribution in [2.45, 2.75) is 0 Å². The summed E-state index contributed by atoms with van der Waals surface area (Å²) >= 11 is 6.18. The maximum atomic E-state index is 12.5. The summed E-state index contributed by atoms with van der Waals surface area (Å²) in [5.74, 6) is -0.778. The maximum Gasteiger partial charge on any atom is 0.255 e. The minimum absolute atomic E-state index is 0.217. The SMILES string of the molecule is CN(C)C(=O)c1ccc(NC(=O)c2ccc(NC(=O)c3ccccc3)cc2)cc1Cl. The highest BCUT2D eigenvalue weighted by atomic mass is 35.5. The van der Waals surface area contributed by atoms with Crippen LogP contribution >= 0.6 is 11.6 Å². The van der Waals surface area contributed by atoms with Crippen LogP contribution in [0.15, 0.2) is 72.8 Å². The number of hydrogen-bond acceptors (Lipinski definition) is 3. The molecule has 0 heterocycles. The first kappa shape index (κ1) is 21.1. The van der Waals surface area contributed by atoms with E-state index in [1.165, 1.54) is 11.0 Å². The van der Waals surface area contributed by atoms with E-state index in [-0.39, 0.29) is 22.7 Å². The molecule has 3 aromatic carbocycles. The standard InChI is InChI=1S/C23H20ClN3O3/c1-27(2)23(30)19-13-12-18(14-20(19)24)26-22(29)16-8-10-17(11-9-16)25-21(28)15-6-4-3-5-7-15/h3-14H,1-2H3,(H,25,28)(H,26,29). The molecule has 0 fully saturated rings. The molecule has 152 valence electrons. The molecule has 0 unspecified atom stereocenters. The Hall–Kier alpha value is -3.64. The summed E-state index contributed by atoms with van der Waals surface area (Å²) in [4.78, 5) is 38.2. The first-order valence-electron chi connectivity index (χ1n) is 9.14. The number of rotatable bonds is 5. The number of benzene rings is 3. The van der Waals surface area contributed by atoms with E-state index in [1.54, 1.807) is 74.8 Å². The van der Waals surface area contributed by atoms with Gasteiger partial charge >= 0.3 is 0 Å². The largest absolute Gasteiger partial charge is 0.345 e. The molecule has 0 aliphatic carbocycles. The smallest absolute Gasteiger partial charge is 0.255 e. The number of nitrogens with one attached hydrogen (secondary N) is 2. The predicted molar refractivity (Wildman–Crippen MR) is 118 cm³/mol. The summed E-state index contributed by atoms with van der Waals surface area (Å²) in [5, 5.41) is 5.78. The number of nitrogens with zero attached hydrogens (tertiary/aromatic N) is 1. The lowest BCUT2D eigenvalue weighted by Gasteiger charge is -2.13. The quantitative estimate of drug-likeness (QED) is 0.634. The lowest BCUT2D eigenvalue weighted by molar-refractivity contribution is 0.0827. The molecule has 0 aliphatic heterocycles. The van der Waals surface area contributed by atoms with Gasteiger partial charge in [0, 0.05) is 36.6 Å². The molecule has 2 N–H and O–H groups in total. The van der Waals surface area contributed by atoms with Crippen molar-refractivity contribution in [2.75, 3.05) is 24.7 Å². The second-order valence-electron chi connectivity index (χ2n) is 6.75. The molecular formula is C23H20ClN3O3. The van der Waals surface area contributed by atoms with E-state index in [0.29, 0.717) is 28.1 Å². The Morgan fingerprint density at radius 2 is 1.27 bits per heavy atom. The van der Waals surface area contributed by atoms with Crippen molar-refractivity contribution in [3.05, 3.63) is 94.5 Å². The van der Waals surface area contributed by atoms with E-state index < -0.39 is 0 Å².